The number of carbonyl (C=O) groups excluding carboxylic acids is 2. The van der Waals surface area contributed by atoms with Crippen LogP contribution in [0.5, 0.6) is 28.7 Å². The summed E-state index contributed by atoms with van der Waals surface area (Å²) in [6.07, 6.45) is -1.07. The van der Waals surface area contributed by atoms with Gasteiger partial charge < -0.3 is 39.7 Å². The van der Waals surface area contributed by atoms with Crippen LogP contribution in [-0.2, 0) is 47.4 Å². The van der Waals surface area contributed by atoms with Gasteiger partial charge in [0.1, 0.15) is 28.7 Å². The molecule has 488 valence electrons. The lowest BCUT2D eigenvalue weighted by Gasteiger charge is -2.26. The average molecular weight is 1280 g/mol. The summed E-state index contributed by atoms with van der Waals surface area (Å²) in [6, 6.07) is -8.02. The predicted octanol–water partition coefficient (Wildman–Crippen LogP) is 20.8. The Labute approximate surface area is 580 Å². The molecule has 0 saturated heterocycles. The molecule has 13 nitrogen and oxygen atoms in total. The van der Waals surface area contributed by atoms with Gasteiger partial charge in [-0.2, -0.15) is 0 Å². The largest absolute Gasteiger partial charge is 0.513 e. The number of hydrogen-bond donors (Lipinski definition) is 5. The van der Waals surface area contributed by atoms with Crippen molar-refractivity contribution in [3.05, 3.63) is 152 Å². The molecule has 0 atom stereocenters. The number of para-hydroxylation sites is 1. The number of rotatable bonds is 3. The molecule has 5 aromatic carbocycles. The van der Waals surface area contributed by atoms with E-state index in [-0.39, 0.29) is 64.2 Å². The van der Waals surface area contributed by atoms with Crippen LogP contribution in [0.1, 0.15) is 281 Å². The van der Waals surface area contributed by atoms with Crippen LogP contribution in [0.3, 0.4) is 0 Å². The molecule has 0 fully saturated rings. The molecule has 5 N–H and O–H groups in total. The summed E-state index contributed by atoms with van der Waals surface area (Å²) in [5.74, 6) is -2.54. The number of phenolic OH excluding ortho intramolecular Hbond substituents is 4. The fourth-order valence-corrected chi connectivity index (χ4v) is 5.16. The van der Waals surface area contributed by atoms with Crippen molar-refractivity contribution in [3.63, 3.8) is 0 Å². The molecule has 0 aliphatic carbocycles. The Morgan fingerprint density at radius 2 is 0.895 bits per heavy atom. The smallest absolute Gasteiger partial charge is 0.508 e. The summed E-state index contributed by atoms with van der Waals surface area (Å²) in [5.41, 5.74) is -10.7. The number of benzene rings is 5. The van der Waals surface area contributed by atoms with Gasteiger partial charge in [0, 0.05) is 57.8 Å². The first-order valence-electron chi connectivity index (χ1n) is 43.3. The van der Waals surface area contributed by atoms with E-state index in [1.54, 1.807) is 83.1 Å². The summed E-state index contributed by atoms with van der Waals surface area (Å²) in [7, 11) is 2.33. The number of ether oxygens (including phenoxy) is 3. The number of nitro benzene ring substituents is 1. The van der Waals surface area contributed by atoms with Gasteiger partial charge in [0.25, 0.3) is 7.12 Å². The molecule has 0 heterocycles. The van der Waals surface area contributed by atoms with E-state index < -0.39 is 225 Å². The molecule has 0 radical (unpaired) electrons. The highest BCUT2D eigenvalue weighted by molar-refractivity contribution is 6.61. The molecule has 0 spiro atoms. The number of nitrogens with zero attached hydrogens (tertiary/aromatic N) is 1. The van der Waals surface area contributed by atoms with Crippen molar-refractivity contribution < 1.29 is 102 Å². The fourth-order valence-electron chi connectivity index (χ4n) is 5.16. The SMILES string of the molecule is C.CC(C)(C)O.COC(=O)Cl.[2H]C([2H])([2H])C(C)(Cl)C([2H])([2H])[2H].[2H]Oc1c([2H])c([2H])c([2H])c([2H])c1[2H].[2H]c1c(O)c(C(C)(C)C)c([2H])c(C(C)(C)C([2H])([2H])[2H])c1[N+](=O)[O-].[2H]c1c([2H])c(C(C)(C)C([2H])([2H])[2H])c([2H])c(C(C)(C)C)c1O.[2H]c1c([2H])c(C(C)(C)C([2H])([2H])[2H])c([2H])c(C(C)(C)C)c1OC(=O)OC.[2H]c1c([2H])c(C(C)(C)C([2H])([2H])[2H])c([2H])c([2H])c1O. The normalized spacial score (nSPS) is 18.4. The van der Waals surface area contributed by atoms with Crippen molar-refractivity contribution in [2.75, 3.05) is 14.2 Å². The number of hydrogen-bond acceptors (Lipinski definition) is 12. The molecular formula is C71H113Cl2NO12. The van der Waals surface area contributed by atoms with Crippen molar-refractivity contribution in [2.45, 2.75) is 242 Å². The van der Waals surface area contributed by atoms with Crippen molar-refractivity contribution in [1.29, 1.82) is 1.43 Å². The van der Waals surface area contributed by atoms with E-state index in [0.717, 1.165) is 14.0 Å². The Bertz CT molecular complexity index is 4420. The maximum atomic E-state index is 11.5. The minimum Gasteiger partial charge on any atom is -0.508 e. The van der Waals surface area contributed by atoms with Crippen LogP contribution in [0.2, 0.25) is 0 Å². The summed E-state index contributed by atoms with van der Waals surface area (Å²) in [5, 5.41) is 53.6. The summed E-state index contributed by atoms with van der Waals surface area (Å²) >= 11 is 9.96. The van der Waals surface area contributed by atoms with Gasteiger partial charge in [0.05, 0.1) is 54.1 Å². The van der Waals surface area contributed by atoms with Crippen LogP contribution < -0.4 is 4.74 Å². The molecule has 0 amide bonds. The van der Waals surface area contributed by atoms with Crippen molar-refractivity contribution >= 4 is 40.5 Å². The molecule has 0 aromatic heterocycles. The Hall–Kier alpha value is -6.02. The van der Waals surface area contributed by atoms with E-state index in [9.17, 15) is 35.0 Å². The van der Waals surface area contributed by atoms with Crippen LogP contribution in [0.15, 0.2) is 103 Å². The third-order valence-corrected chi connectivity index (χ3v) is 9.22. The Morgan fingerprint density at radius 3 is 1.24 bits per heavy atom. The zero-order valence-corrected chi connectivity index (χ0v) is 54.3. The molecule has 5 rings (SSSR count). The van der Waals surface area contributed by atoms with E-state index in [4.69, 9.17) is 70.9 Å². The van der Waals surface area contributed by atoms with Crippen molar-refractivity contribution in [3.8, 4) is 28.7 Å². The number of methoxy groups -OCH3 is 2. The molecule has 86 heavy (non-hydrogen) atoms. The summed E-state index contributed by atoms with van der Waals surface area (Å²) < 4.78 is 284. The topological polar surface area (TPSA) is 206 Å². The van der Waals surface area contributed by atoms with Gasteiger partial charge in [0.15, 0.2) is 0 Å². The highest BCUT2D eigenvalue weighted by Gasteiger charge is 2.30. The van der Waals surface area contributed by atoms with Gasteiger partial charge >= 0.3 is 11.6 Å². The monoisotopic (exact) mass is 1280 g/mol. The molecule has 0 saturated carbocycles. The van der Waals surface area contributed by atoms with E-state index >= 15 is 0 Å². The van der Waals surface area contributed by atoms with Crippen molar-refractivity contribution in [2.24, 2.45) is 0 Å². The van der Waals surface area contributed by atoms with Gasteiger partial charge in [-0.1, -0.05) is 207 Å². The Kier molecular flexibility index (Phi) is 16.5. The Morgan fingerprint density at radius 1 is 0.512 bits per heavy atom. The highest BCUT2D eigenvalue weighted by Crippen LogP contribution is 2.41. The third kappa shape index (κ3) is 39.6. The summed E-state index contributed by atoms with van der Waals surface area (Å²) in [6.45, 7) is 17.4. The first-order valence-corrected chi connectivity index (χ1v) is 26.1. The molecule has 5 aromatic rings. The van der Waals surface area contributed by atoms with Gasteiger partial charge in [-0.15, -0.1) is 11.6 Å². The molecular weight excluding hydrogens is 1130 g/mol. The molecule has 0 aliphatic heterocycles. The minimum atomic E-state index is -2.67. The zero-order valence-electron chi connectivity index (χ0n) is 88.8. The lowest BCUT2D eigenvalue weighted by molar-refractivity contribution is -0.386. The van der Waals surface area contributed by atoms with Crippen molar-refractivity contribution in [1.82, 2.24) is 0 Å². The van der Waals surface area contributed by atoms with Crippen LogP contribution in [0, 0.1) is 10.1 Å². The number of nitro groups is 1. The number of halogens is 2. The highest BCUT2D eigenvalue weighted by atomic mass is 35.5. The van der Waals surface area contributed by atoms with Gasteiger partial charge in [-0.05, 0) is 144 Å². The maximum absolute atomic E-state index is 11.5. The Balaban J connectivity index is -0.000000678. The quantitative estimate of drug-likeness (QED) is 0.0286. The fraction of sp³-hybridized carbons (Fsp3) is 0.549. The standard InChI is InChI=1S/C16H24O3.C14H21NO3.C14H22O.C10H14O.C6H6O.C4H9Cl.C4H10O.C2H3ClO2.CH4/c1-15(2,3)11-8-9-13(19-14(17)18-7)12(10-11)16(4,5)6;1-13(2,3)9-7-10(14(4,5)6)12(16)8-11(9)15(17)18;1-13(2,3)10-7-8-12(15)11(9-10)14(4,5)6;1-10(2,3)8-4-6-9(11)7-5-8;7-6-4-2-1-3-5-6;2*1-4(2,3)5;1-5-2(3)4;/h8-10H,1-7H3;7-8,16H,1-6H3;7-9,15H,1-6H3;4-7,11H,1-3H3;1-5,7H;1-3H3;5H,1-3H3;1H3;1H4/i1D3,8D,9D,10D;1D3,7D,8D;1D3,7D,8D,9D;1D3,4D,5D,6D,7D;1D,2D,3D,4D,5D;1D3,2D3;;;/hD. The second-order valence-corrected chi connectivity index (χ2v) is 25.5. The molecule has 0 unspecified atom stereocenters. The molecule has 15 heteroatoms. The number of aliphatic hydroxyl groups is 1. The second-order valence-electron chi connectivity index (χ2n) is 24.5. The first-order chi connectivity index (χ1) is 53.0. The number of carbonyl (C=O) groups is 2. The van der Waals surface area contributed by atoms with E-state index in [2.05, 4.69) is 26.2 Å². The van der Waals surface area contributed by atoms with E-state index in [1.165, 1.54) is 62.5 Å². The first kappa shape index (κ1) is 39.8. The van der Waals surface area contributed by atoms with Crippen LogP contribution in [0.25, 0.3) is 0 Å². The lowest BCUT2D eigenvalue weighted by atomic mass is 9.79. The van der Waals surface area contributed by atoms with E-state index in [1.807, 2.05) is 0 Å². The van der Waals surface area contributed by atoms with Crippen LogP contribution in [-0.4, -0.2) is 68.2 Å². The second kappa shape index (κ2) is 35.7. The predicted molar refractivity (Wildman–Crippen MR) is 362 cm³/mol. The van der Waals surface area contributed by atoms with E-state index in [0.29, 0.717) is 0 Å². The number of aromatic hydroxyl groups is 4. The summed E-state index contributed by atoms with van der Waals surface area (Å²) in [4.78, 5) is 29.2. The number of phenols is 4. The van der Waals surface area contributed by atoms with Crippen LogP contribution in [0.4, 0.5) is 15.3 Å². The zero-order chi connectivity index (χ0) is 98.4. The molecule has 0 aliphatic rings. The average Bonchev–Trinajstić information content (AvgIpc) is 0.735. The maximum Gasteiger partial charge on any atom is 0.513 e. The van der Waals surface area contributed by atoms with Gasteiger partial charge in [-0.3, -0.25) is 10.1 Å². The van der Waals surface area contributed by atoms with Crippen LogP contribution >= 0.6 is 23.2 Å². The molecule has 0 bridgehead atoms. The lowest BCUT2D eigenvalue weighted by Crippen LogP contribution is -2.19. The van der Waals surface area contributed by atoms with Gasteiger partial charge in [0.2, 0.25) is 0 Å². The number of alkyl halides is 1. The van der Waals surface area contributed by atoms with Gasteiger partial charge in [-0.25, -0.2) is 9.59 Å². The minimum absolute atomic E-state index is 0. The third-order valence-electron chi connectivity index (χ3n) is 9.07.